The van der Waals surface area contributed by atoms with Crippen LogP contribution in [0.2, 0.25) is 0 Å². The first kappa shape index (κ1) is 10.6. The highest BCUT2D eigenvalue weighted by atomic mass is 16.3. The Kier molecular flexibility index (Phi) is 2.56. The maximum atomic E-state index is 9.44. The first-order chi connectivity index (χ1) is 7.04. The summed E-state index contributed by atoms with van der Waals surface area (Å²) >= 11 is 0. The van der Waals surface area contributed by atoms with E-state index >= 15 is 0 Å². The summed E-state index contributed by atoms with van der Waals surface area (Å²) in [6, 6.07) is 0. The van der Waals surface area contributed by atoms with Gasteiger partial charge in [0.15, 0.2) is 0 Å². The van der Waals surface area contributed by atoms with Gasteiger partial charge in [-0.05, 0) is 20.8 Å². The molecule has 0 amide bonds. The SMILES string of the molecule is CC(C)(C)n1nc2c(c1CO)CNCC2. The van der Waals surface area contributed by atoms with E-state index in [1.165, 1.54) is 5.56 Å². The lowest BCUT2D eigenvalue weighted by atomic mass is 10.1. The summed E-state index contributed by atoms with van der Waals surface area (Å²) in [6.45, 7) is 8.22. The Hall–Kier alpha value is -0.870. The second kappa shape index (κ2) is 3.61. The lowest BCUT2D eigenvalue weighted by Crippen LogP contribution is -2.26. The van der Waals surface area contributed by atoms with Crippen molar-refractivity contribution in [2.24, 2.45) is 0 Å². The lowest BCUT2D eigenvalue weighted by Gasteiger charge is -2.22. The Bertz CT molecular complexity index is 363. The standard InChI is InChI=1S/C11H19N3O/c1-11(2,3)14-10(7-15)8-6-12-5-4-9(8)13-14/h12,15H,4-7H2,1-3H3. The average Bonchev–Trinajstić information content (AvgIpc) is 2.55. The number of nitrogens with zero attached hydrogens (tertiary/aromatic N) is 2. The Morgan fingerprint density at radius 1 is 1.47 bits per heavy atom. The fourth-order valence-corrected chi connectivity index (χ4v) is 2.08. The molecule has 1 aromatic heterocycles. The summed E-state index contributed by atoms with van der Waals surface area (Å²) in [5.41, 5.74) is 3.24. The van der Waals surface area contributed by atoms with Gasteiger partial charge in [-0.15, -0.1) is 0 Å². The highest BCUT2D eigenvalue weighted by Gasteiger charge is 2.25. The van der Waals surface area contributed by atoms with Crippen LogP contribution in [0, 0.1) is 0 Å². The second-order valence-electron chi connectivity index (χ2n) is 5.04. The quantitative estimate of drug-likeness (QED) is 0.718. The predicted octanol–water partition coefficient (Wildman–Crippen LogP) is 0.776. The molecule has 0 radical (unpaired) electrons. The molecule has 2 heterocycles. The first-order valence-electron chi connectivity index (χ1n) is 5.45. The van der Waals surface area contributed by atoms with E-state index in [1.54, 1.807) is 0 Å². The molecule has 0 aromatic carbocycles. The zero-order valence-corrected chi connectivity index (χ0v) is 9.67. The highest BCUT2D eigenvalue weighted by molar-refractivity contribution is 5.29. The zero-order chi connectivity index (χ0) is 11.1. The third-order valence-corrected chi connectivity index (χ3v) is 2.80. The monoisotopic (exact) mass is 209 g/mol. The third-order valence-electron chi connectivity index (χ3n) is 2.80. The van der Waals surface area contributed by atoms with Crippen LogP contribution in [0.15, 0.2) is 0 Å². The smallest absolute Gasteiger partial charge is 0.0853 e. The van der Waals surface area contributed by atoms with Crippen LogP contribution in [0.5, 0.6) is 0 Å². The van der Waals surface area contributed by atoms with E-state index < -0.39 is 0 Å². The van der Waals surface area contributed by atoms with Crippen LogP contribution in [-0.2, 0) is 25.1 Å². The minimum atomic E-state index is -0.0601. The van der Waals surface area contributed by atoms with Crippen molar-refractivity contribution in [2.45, 2.75) is 45.9 Å². The van der Waals surface area contributed by atoms with Gasteiger partial charge in [0, 0.05) is 25.1 Å². The fraction of sp³-hybridized carbons (Fsp3) is 0.727. The van der Waals surface area contributed by atoms with E-state index in [0.29, 0.717) is 0 Å². The van der Waals surface area contributed by atoms with Crippen LogP contribution < -0.4 is 5.32 Å². The van der Waals surface area contributed by atoms with Crippen LogP contribution in [0.25, 0.3) is 0 Å². The van der Waals surface area contributed by atoms with Gasteiger partial charge in [0.1, 0.15) is 0 Å². The van der Waals surface area contributed by atoms with E-state index in [-0.39, 0.29) is 12.1 Å². The van der Waals surface area contributed by atoms with Crippen LogP contribution in [-0.4, -0.2) is 21.4 Å². The largest absolute Gasteiger partial charge is 0.390 e. The Labute approximate surface area is 90.3 Å². The fourth-order valence-electron chi connectivity index (χ4n) is 2.08. The van der Waals surface area contributed by atoms with Gasteiger partial charge in [-0.1, -0.05) is 0 Å². The zero-order valence-electron chi connectivity index (χ0n) is 9.67. The predicted molar refractivity (Wildman–Crippen MR) is 58.6 cm³/mol. The summed E-state index contributed by atoms with van der Waals surface area (Å²) in [5, 5.41) is 17.4. The van der Waals surface area contributed by atoms with Gasteiger partial charge >= 0.3 is 0 Å². The summed E-state index contributed by atoms with van der Waals surface area (Å²) < 4.78 is 1.96. The molecule has 4 heteroatoms. The molecule has 4 nitrogen and oxygen atoms in total. The number of aromatic nitrogens is 2. The molecule has 0 saturated heterocycles. The van der Waals surface area contributed by atoms with Crippen molar-refractivity contribution >= 4 is 0 Å². The minimum absolute atomic E-state index is 0.0601. The first-order valence-corrected chi connectivity index (χ1v) is 5.45. The van der Waals surface area contributed by atoms with E-state index in [0.717, 1.165) is 30.9 Å². The summed E-state index contributed by atoms with van der Waals surface area (Å²) in [6.07, 6.45) is 0.964. The molecule has 2 N–H and O–H groups in total. The molecule has 0 bridgehead atoms. The van der Waals surface area contributed by atoms with Crippen molar-refractivity contribution in [1.82, 2.24) is 15.1 Å². The van der Waals surface area contributed by atoms with Gasteiger partial charge < -0.3 is 10.4 Å². The average molecular weight is 209 g/mol. The van der Waals surface area contributed by atoms with Gasteiger partial charge in [-0.2, -0.15) is 5.10 Å². The molecular weight excluding hydrogens is 190 g/mol. The van der Waals surface area contributed by atoms with Gasteiger partial charge in [0.05, 0.1) is 23.5 Å². The molecule has 1 aliphatic heterocycles. The molecule has 84 valence electrons. The lowest BCUT2D eigenvalue weighted by molar-refractivity contribution is 0.244. The van der Waals surface area contributed by atoms with Crippen LogP contribution in [0.1, 0.15) is 37.7 Å². The molecular formula is C11H19N3O. The number of hydrogen-bond acceptors (Lipinski definition) is 3. The van der Waals surface area contributed by atoms with Gasteiger partial charge in [0.25, 0.3) is 0 Å². The van der Waals surface area contributed by atoms with Gasteiger partial charge in [-0.3, -0.25) is 4.68 Å². The van der Waals surface area contributed by atoms with Gasteiger partial charge in [-0.25, -0.2) is 0 Å². The van der Waals surface area contributed by atoms with Crippen molar-refractivity contribution in [2.75, 3.05) is 6.54 Å². The van der Waals surface area contributed by atoms with Crippen molar-refractivity contribution in [3.8, 4) is 0 Å². The van der Waals surface area contributed by atoms with Gasteiger partial charge in [0.2, 0.25) is 0 Å². The summed E-state index contributed by atoms with van der Waals surface area (Å²) in [4.78, 5) is 0. The Balaban J connectivity index is 2.51. The number of hydrogen-bond donors (Lipinski definition) is 2. The van der Waals surface area contributed by atoms with Crippen molar-refractivity contribution in [3.63, 3.8) is 0 Å². The normalized spacial score (nSPS) is 16.5. The van der Waals surface area contributed by atoms with E-state index in [9.17, 15) is 5.11 Å². The Morgan fingerprint density at radius 3 is 2.80 bits per heavy atom. The van der Waals surface area contributed by atoms with Crippen LogP contribution in [0.4, 0.5) is 0 Å². The summed E-state index contributed by atoms with van der Waals surface area (Å²) in [5.74, 6) is 0. The van der Waals surface area contributed by atoms with Crippen LogP contribution in [0.3, 0.4) is 0 Å². The number of fused-ring (bicyclic) bond motifs is 1. The maximum Gasteiger partial charge on any atom is 0.0853 e. The van der Waals surface area contributed by atoms with Crippen molar-refractivity contribution in [1.29, 1.82) is 0 Å². The highest BCUT2D eigenvalue weighted by Crippen LogP contribution is 2.24. The topological polar surface area (TPSA) is 50.1 Å². The number of aliphatic hydroxyl groups is 1. The van der Waals surface area contributed by atoms with Crippen molar-refractivity contribution < 1.29 is 5.11 Å². The molecule has 1 aromatic rings. The minimum Gasteiger partial charge on any atom is -0.390 e. The molecule has 2 rings (SSSR count). The van der Waals surface area contributed by atoms with E-state index in [4.69, 9.17) is 0 Å². The second-order valence-corrected chi connectivity index (χ2v) is 5.04. The summed E-state index contributed by atoms with van der Waals surface area (Å²) in [7, 11) is 0. The molecule has 0 atom stereocenters. The molecule has 0 saturated carbocycles. The number of rotatable bonds is 1. The molecule has 0 fully saturated rings. The number of nitrogens with one attached hydrogen (secondary N) is 1. The number of aliphatic hydroxyl groups excluding tert-OH is 1. The molecule has 1 aliphatic rings. The maximum absolute atomic E-state index is 9.44. The molecule has 0 aliphatic carbocycles. The van der Waals surface area contributed by atoms with Crippen LogP contribution >= 0.6 is 0 Å². The Morgan fingerprint density at radius 2 is 2.20 bits per heavy atom. The van der Waals surface area contributed by atoms with Crippen molar-refractivity contribution in [3.05, 3.63) is 17.0 Å². The molecule has 0 unspecified atom stereocenters. The third kappa shape index (κ3) is 1.79. The molecule has 15 heavy (non-hydrogen) atoms. The molecule has 0 spiro atoms. The van der Waals surface area contributed by atoms with E-state index in [1.807, 2.05) is 4.68 Å². The van der Waals surface area contributed by atoms with E-state index in [2.05, 4.69) is 31.2 Å².